The van der Waals surface area contributed by atoms with Crippen LogP contribution in [0.15, 0.2) is 0 Å². The van der Waals surface area contributed by atoms with Crippen LogP contribution < -0.4 is 0 Å². The van der Waals surface area contributed by atoms with E-state index < -0.39 is 34.2 Å². The van der Waals surface area contributed by atoms with Gasteiger partial charge in [0.2, 0.25) is 0 Å². The molecule has 0 rings (SSSR count). The fourth-order valence-corrected chi connectivity index (χ4v) is 3.91. The van der Waals surface area contributed by atoms with Crippen LogP contribution in [0.5, 0.6) is 0 Å². The van der Waals surface area contributed by atoms with Crippen LogP contribution in [0.1, 0.15) is 110 Å². The Bertz CT molecular complexity index is 533. The first kappa shape index (κ1) is 30.8. The molecule has 0 aliphatic heterocycles. The minimum atomic E-state index is -4.97. The average molecular weight is 449 g/mol. The number of hydrogen-bond donors (Lipinski definition) is 2. The lowest BCUT2D eigenvalue weighted by Gasteiger charge is -2.29. The SMILES string of the molecule is CCCCCCCCC(CCCCCCCC)(CC(=O)O)C(=O)OS(=O)(=O)O.[MgH2]. The minimum Gasteiger partial charge on any atom is -0.481 e. The largest absolute Gasteiger partial charge is 0.481 e. The predicted octanol–water partition coefficient (Wildman–Crippen LogP) is 4.38. The van der Waals surface area contributed by atoms with E-state index in [1.807, 2.05) is 0 Å². The molecule has 0 aromatic rings. The third-order valence-electron chi connectivity index (χ3n) is 5.12. The quantitative estimate of drug-likeness (QED) is 0.181. The van der Waals surface area contributed by atoms with Gasteiger partial charge >= 0.3 is 45.4 Å². The normalized spacial score (nSPS) is 11.7. The van der Waals surface area contributed by atoms with Crippen molar-refractivity contribution < 1.29 is 31.8 Å². The van der Waals surface area contributed by atoms with E-state index in [1.165, 1.54) is 0 Å². The van der Waals surface area contributed by atoms with Crippen molar-refractivity contribution in [3.63, 3.8) is 0 Å². The molecule has 9 heteroatoms. The van der Waals surface area contributed by atoms with Crippen LogP contribution >= 0.6 is 0 Å². The van der Waals surface area contributed by atoms with E-state index in [4.69, 9.17) is 4.55 Å². The fraction of sp³-hybridized carbons (Fsp3) is 0.900. The van der Waals surface area contributed by atoms with E-state index >= 15 is 0 Å². The molecule has 0 fully saturated rings. The number of rotatable bonds is 18. The molecule has 0 atom stereocenters. The van der Waals surface area contributed by atoms with Crippen LogP contribution in [0.2, 0.25) is 0 Å². The summed E-state index contributed by atoms with van der Waals surface area (Å²) in [6, 6.07) is 0. The summed E-state index contributed by atoms with van der Waals surface area (Å²) in [6.07, 6.45) is 11.5. The Kier molecular flexibility index (Phi) is 18.4. The van der Waals surface area contributed by atoms with Gasteiger partial charge in [0.05, 0.1) is 11.8 Å². The maximum atomic E-state index is 12.5. The third kappa shape index (κ3) is 16.0. The zero-order chi connectivity index (χ0) is 21.5. The molecule has 29 heavy (non-hydrogen) atoms. The van der Waals surface area contributed by atoms with Gasteiger partial charge in [-0.25, -0.2) is 0 Å². The second-order valence-electron chi connectivity index (χ2n) is 7.68. The van der Waals surface area contributed by atoms with E-state index in [0.29, 0.717) is 12.8 Å². The van der Waals surface area contributed by atoms with Crippen molar-refractivity contribution in [1.29, 1.82) is 0 Å². The van der Waals surface area contributed by atoms with Gasteiger partial charge < -0.3 is 9.29 Å². The van der Waals surface area contributed by atoms with Crippen molar-refractivity contribution >= 4 is 45.4 Å². The zero-order valence-electron chi connectivity index (χ0n) is 17.5. The van der Waals surface area contributed by atoms with E-state index in [2.05, 4.69) is 18.0 Å². The van der Waals surface area contributed by atoms with Crippen molar-refractivity contribution in [2.24, 2.45) is 5.41 Å². The molecule has 0 unspecified atom stereocenters. The van der Waals surface area contributed by atoms with Gasteiger partial charge in [-0.1, -0.05) is 90.9 Å². The summed E-state index contributed by atoms with van der Waals surface area (Å²) in [6.45, 7) is 4.23. The van der Waals surface area contributed by atoms with Crippen molar-refractivity contribution in [3.8, 4) is 0 Å². The van der Waals surface area contributed by atoms with Crippen molar-refractivity contribution in [1.82, 2.24) is 0 Å². The molecule has 7 nitrogen and oxygen atoms in total. The van der Waals surface area contributed by atoms with Crippen LogP contribution in [0, 0.1) is 5.41 Å². The minimum absolute atomic E-state index is 0. The molecule has 0 aromatic heterocycles. The van der Waals surface area contributed by atoms with E-state index in [-0.39, 0.29) is 35.9 Å². The Labute approximate surface area is 192 Å². The highest BCUT2D eigenvalue weighted by Gasteiger charge is 2.43. The molecule has 0 heterocycles. The Morgan fingerprint density at radius 1 is 0.793 bits per heavy atom. The van der Waals surface area contributed by atoms with Gasteiger partial charge in [0.25, 0.3) is 0 Å². The summed E-state index contributed by atoms with van der Waals surface area (Å²) in [5.74, 6) is -2.33. The van der Waals surface area contributed by atoms with Gasteiger partial charge in [0, 0.05) is 0 Å². The molecule has 0 aromatic carbocycles. The van der Waals surface area contributed by atoms with Crippen LogP contribution in [-0.2, 0) is 24.2 Å². The molecule has 0 amide bonds. The van der Waals surface area contributed by atoms with Crippen LogP contribution in [-0.4, -0.2) is 53.1 Å². The van der Waals surface area contributed by atoms with Crippen molar-refractivity contribution in [2.45, 2.75) is 110 Å². The molecule has 0 radical (unpaired) electrons. The van der Waals surface area contributed by atoms with Gasteiger partial charge in [-0.2, -0.15) is 8.42 Å². The highest BCUT2D eigenvalue weighted by molar-refractivity contribution is 7.81. The van der Waals surface area contributed by atoms with Crippen molar-refractivity contribution in [3.05, 3.63) is 0 Å². The second-order valence-corrected chi connectivity index (χ2v) is 8.71. The molecule has 0 aliphatic rings. The Hall–Kier alpha value is -0.384. The fourth-order valence-electron chi connectivity index (χ4n) is 3.54. The second kappa shape index (κ2) is 17.3. The zero-order valence-corrected chi connectivity index (χ0v) is 18.3. The summed E-state index contributed by atoms with van der Waals surface area (Å²) >= 11 is 0. The molecular weight excluding hydrogens is 409 g/mol. The Morgan fingerprint density at radius 2 is 1.17 bits per heavy atom. The number of carbonyl (C=O) groups excluding carboxylic acids is 1. The molecule has 0 spiro atoms. The lowest BCUT2D eigenvalue weighted by Crippen LogP contribution is -2.37. The highest BCUT2D eigenvalue weighted by atomic mass is 32.3. The van der Waals surface area contributed by atoms with Gasteiger partial charge in [0.15, 0.2) is 0 Å². The number of hydrogen-bond acceptors (Lipinski definition) is 5. The average Bonchev–Trinajstić information content (AvgIpc) is 2.58. The van der Waals surface area contributed by atoms with Crippen molar-refractivity contribution in [2.75, 3.05) is 0 Å². The Balaban J connectivity index is 0. The summed E-state index contributed by atoms with van der Waals surface area (Å²) in [7, 11) is -4.97. The summed E-state index contributed by atoms with van der Waals surface area (Å²) in [5, 5.41) is 9.32. The lowest BCUT2D eigenvalue weighted by molar-refractivity contribution is -0.155. The summed E-state index contributed by atoms with van der Waals surface area (Å²) in [5.41, 5.74) is -1.42. The number of carboxylic acids is 1. The number of unbranched alkanes of at least 4 members (excludes halogenated alkanes) is 10. The van der Waals surface area contributed by atoms with Crippen LogP contribution in [0.4, 0.5) is 0 Å². The summed E-state index contributed by atoms with van der Waals surface area (Å²) < 4.78 is 35.2. The third-order valence-corrected chi connectivity index (χ3v) is 5.48. The first-order valence-corrected chi connectivity index (χ1v) is 12.0. The van der Waals surface area contributed by atoms with E-state index in [0.717, 1.165) is 64.2 Å². The first-order valence-electron chi connectivity index (χ1n) is 10.6. The van der Waals surface area contributed by atoms with Crippen LogP contribution in [0.25, 0.3) is 0 Å². The molecule has 0 saturated carbocycles. The van der Waals surface area contributed by atoms with Gasteiger partial charge in [-0.15, -0.1) is 0 Å². The number of carboxylic acid groups (broad SMARTS) is 1. The van der Waals surface area contributed by atoms with Crippen LogP contribution in [0.3, 0.4) is 0 Å². The standard InChI is InChI=1S/C20H38O7S.Mg.2H/c1-3-5-7-9-11-13-15-20(17-18(21)22,19(23)27-28(24,25)26)16-14-12-10-8-6-4-2;;;/h3-17H2,1-2H3,(H,21,22)(H,24,25,26);;;. The molecule has 0 bridgehead atoms. The molecule has 0 saturated heterocycles. The predicted molar refractivity (Wildman–Crippen MR) is 117 cm³/mol. The first-order chi connectivity index (χ1) is 13.2. The maximum Gasteiger partial charge on any atom is 0.448 e. The molecule has 170 valence electrons. The molecule has 2 N–H and O–H groups in total. The van der Waals surface area contributed by atoms with Gasteiger partial charge in [-0.05, 0) is 12.8 Å². The number of aliphatic carboxylic acids is 1. The number of carbonyl (C=O) groups is 2. The van der Waals surface area contributed by atoms with Gasteiger partial charge in [0.1, 0.15) is 0 Å². The maximum absolute atomic E-state index is 12.5. The summed E-state index contributed by atoms with van der Waals surface area (Å²) in [4.78, 5) is 23.9. The topological polar surface area (TPSA) is 118 Å². The van der Waals surface area contributed by atoms with Gasteiger partial charge in [-0.3, -0.25) is 14.1 Å². The van der Waals surface area contributed by atoms with E-state index in [1.54, 1.807) is 0 Å². The molecular formula is C20H40MgO7S. The monoisotopic (exact) mass is 448 g/mol. The lowest BCUT2D eigenvalue weighted by atomic mass is 9.75. The smallest absolute Gasteiger partial charge is 0.448 e. The molecule has 0 aliphatic carbocycles. The van der Waals surface area contributed by atoms with E-state index in [9.17, 15) is 23.1 Å². The Morgan fingerprint density at radius 3 is 1.52 bits per heavy atom. The highest BCUT2D eigenvalue weighted by Crippen LogP contribution is 2.37.